The third-order valence-electron chi connectivity index (χ3n) is 3.67. The summed E-state index contributed by atoms with van der Waals surface area (Å²) in [5, 5.41) is 9.21. The third kappa shape index (κ3) is 3.78. The molecule has 1 N–H and O–H groups in total. The van der Waals surface area contributed by atoms with E-state index in [0.29, 0.717) is 5.92 Å². The topological polar surface area (TPSA) is 40.5 Å². The summed E-state index contributed by atoms with van der Waals surface area (Å²) in [7, 11) is 2.08. The second kappa shape index (κ2) is 6.24. The maximum atomic E-state index is 11.2. The highest BCUT2D eigenvalue weighted by atomic mass is 16.4. The third-order valence-corrected chi connectivity index (χ3v) is 3.67. The van der Waals surface area contributed by atoms with Crippen LogP contribution in [0.3, 0.4) is 0 Å². The van der Waals surface area contributed by atoms with Crippen LogP contribution < -0.4 is 0 Å². The highest BCUT2D eigenvalue weighted by Crippen LogP contribution is 2.28. The van der Waals surface area contributed by atoms with Gasteiger partial charge in [0.05, 0.1) is 5.92 Å². The number of carboxylic acid groups (broad SMARTS) is 1. The van der Waals surface area contributed by atoms with Crippen LogP contribution in [0.2, 0.25) is 0 Å². The Morgan fingerprint density at radius 1 is 1.38 bits per heavy atom. The van der Waals surface area contributed by atoms with Gasteiger partial charge in [0.15, 0.2) is 0 Å². The molecule has 0 aromatic heterocycles. The quantitative estimate of drug-likeness (QED) is 0.785. The van der Waals surface area contributed by atoms with Gasteiger partial charge in [0.25, 0.3) is 0 Å². The summed E-state index contributed by atoms with van der Waals surface area (Å²) < 4.78 is 0. The molecule has 2 atom stereocenters. The van der Waals surface area contributed by atoms with E-state index < -0.39 is 5.97 Å². The van der Waals surface area contributed by atoms with Crippen LogP contribution in [0, 0.1) is 11.8 Å². The molecular weight excluding hydrogens is 202 g/mol. The maximum absolute atomic E-state index is 11.2. The molecule has 1 aliphatic carbocycles. The highest BCUT2D eigenvalue weighted by molar-refractivity contribution is 5.71. The van der Waals surface area contributed by atoms with Crippen molar-refractivity contribution in [2.24, 2.45) is 11.8 Å². The summed E-state index contributed by atoms with van der Waals surface area (Å²) >= 11 is 0. The molecule has 16 heavy (non-hydrogen) atoms. The summed E-state index contributed by atoms with van der Waals surface area (Å²) in [4.78, 5) is 13.4. The Morgan fingerprint density at radius 3 is 2.56 bits per heavy atom. The zero-order chi connectivity index (χ0) is 12.1. The first-order valence-corrected chi connectivity index (χ1v) is 6.45. The molecule has 0 bridgehead atoms. The van der Waals surface area contributed by atoms with Crippen LogP contribution in [0.5, 0.6) is 0 Å². The van der Waals surface area contributed by atoms with Crippen molar-refractivity contribution in [3.05, 3.63) is 0 Å². The lowest BCUT2D eigenvalue weighted by molar-refractivity contribution is -0.145. The lowest BCUT2D eigenvalue weighted by atomic mass is 9.83. The first kappa shape index (κ1) is 13.5. The number of rotatable bonds is 5. The molecule has 1 saturated carbocycles. The molecule has 0 heterocycles. The minimum Gasteiger partial charge on any atom is -0.481 e. The van der Waals surface area contributed by atoms with E-state index in [0.717, 1.165) is 32.2 Å². The molecule has 0 aliphatic heterocycles. The summed E-state index contributed by atoms with van der Waals surface area (Å²) in [6.45, 7) is 5.44. The number of carbonyl (C=O) groups is 1. The van der Waals surface area contributed by atoms with Crippen molar-refractivity contribution in [1.82, 2.24) is 4.90 Å². The largest absolute Gasteiger partial charge is 0.481 e. The normalized spacial score (nSPS) is 26.3. The van der Waals surface area contributed by atoms with Gasteiger partial charge in [-0.2, -0.15) is 0 Å². The molecule has 0 aromatic rings. The minimum absolute atomic E-state index is 0.147. The van der Waals surface area contributed by atoms with Crippen LogP contribution in [-0.4, -0.2) is 35.6 Å². The zero-order valence-corrected chi connectivity index (χ0v) is 10.8. The van der Waals surface area contributed by atoms with E-state index in [1.54, 1.807) is 0 Å². The van der Waals surface area contributed by atoms with Crippen molar-refractivity contribution in [3.8, 4) is 0 Å². The van der Waals surface area contributed by atoms with Crippen molar-refractivity contribution in [3.63, 3.8) is 0 Å². The molecule has 0 amide bonds. The predicted octanol–water partition coefficient (Wildman–Crippen LogP) is 2.61. The van der Waals surface area contributed by atoms with Crippen LogP contribution in [0.15, 0.2) is 0 Å². The second-order valence-electron chi connectivity index (χ2n) is 5.46. The molecule has 0 spiro atoms. The maximum Gasteiger partial charge on any atom is 0.308 e. The van der Waals surface area contributed by atoms with E-state index in [2.05, 4.69) is 25.8 Å². The number of hydrogen-bond donors (Lipinski definition) is 1. The fourth-order valence-electron chi connectivity index (χ4n) is 2.55. The Bertz CT molecular complexity index is 228. The first-order chi connectivity index (χ1) is 7.52. The number of carboxylic acids is 1. The van der Waals surface area contributed by atoms with E-state index in [1.165, 1.54) is 6.42 Å². The van der Waals surface area contributed by atoms with E-state index in [4.69, 9.17) is 0 Å². The van der Waals surface area contributed by atoms with Gasteiger partial charge in [-0.1, -0.05) is 26.7 Å². The summed E-state index contributed by atoms with van der Waals surface area (Å²) in [6, 6.07) is 0.255. The van der Waals surface area contributed by atoms with Gasteiger partial charge < -0.3 is 10.0 Å². The van der Waals surface area contributed by atoms with Crippen molar-refractivity contribution in [1.29, 1.82) is 0 Å². The molecule has 1 aliphatic rings. The fourth-order valence-corrected chi connectivity index (χ4v) is 2.55. The highest BCUT2D eigenvalue weighted by Gasteiger charge is 2.33. The smallest absolute Gasteiger partial charge is 0.308 e. The van der Waals surface area contributed by atoms with Crippen LogP contribution in [0.1, 0.15) is 46.0 Å². The SMILES string of the molecule is CC(C)CCN(C)C1CCCCC1C(=O)O. The summed E-state index contributed by atoms with van der Waals surface area (Å²) in [6.07, 6.45) is 5.31. The number of hydrogen-bond acceptors (Lipinski definition) is 2. The monoisotopic (exact) mass is 227 g/mol. The van der Waals surface area contributed by atoms with Gasteiger partial charge in [-0.25, -0.2) is 0 Å². The number of nitrogens with zero attached hydrogens (tertiary/aromatic N) is 1. The molecule has 0 aromatic carbocycles. The van der Waals surface area contributed by atoms with Crippen molar-refractivity contribution in [2.45, 2.75) is 52.0 Å². The van der Waals surface area contributed by atoms with Crippen LogP contribution in [0.25, 0.3) is 0 Å². The van der Waals surface area contributed by atoms with Crippen LogP contribution in [-0.2, 0) is 4.79 Å². The van der Waals surface area contributed by atoms with Gasteiger partial charge in [-0.3, -0.25) is 4.79 Å². The van der Waals surface area contributed by atoms with Crippen LogP contribution >= 0.6 is 0 Å². The van der Waals surface area contributed by atoms with E-state index in [1.807, 2.05) is 0 Å². The lowest BCUT2D eigenvalue weighted by Crippen LogP contribution is -2.44. The summed E-state index contributed by atoms with van der Waals surface area (Å²) in [5.41, 5.74) is 0. The molecular formula is C13H25NO2. The lowest BCUT2D eigenvalue weighted by Gasteiger charge is -2.36. The molecule has 1 rings (SSSR count). The van der Waals surface area contributed by atoms with Gasteiger partial charge in [0.1, 0.15) is 0 Å². The Balaban J connectivity index is 2.50. The average molecular weight is 227 g/mol. The molecule has 94 valence electrons. The molecule has 3 heteroatoms. The average Bonchev–Trinajstić information content (AvgIpc) is 2.25. The van der Waals surface area contributed by atoms with Gasteiger partial charge in [0, 0.05) is 6.04 Å². The zero-order valence-electron chi connectivity index (χ0n) is 10.8. The Hall–Kier alpha value is -0.570. The second-order valence-corrected chi connectivity index (χ2v) is 5.46. The van der Waals surface area contributed by atoms with Crippen molar-refractivity contribution >= 4 is 5.97 Å². The summed E-state index contributed by atoms with van der Waals surface area (Å²) in [5.74, 6) is -0.0682. The standard InChI is InChI=1S/C13H25NO2/c1-10(2)8-9-14(3)12-7-5-4-6-11(12)13(15)16/h10-12H,4-9H2,1-3H3,(H,15,16). The molecule has 1 fully saturated rings. The predicted molar refractivity (Wildman–Crippen MR) is 65.5 cm³/mol. The van der Waals surface area contributed by atoms with Gasteiger partial charge >= 0.3 is 5.97 Å². The van der Waals surface area contributed by atoms with Gasteiger partial charge in [0.2, 0.25) is 0 Å². The van der Waals surface area contributed by atoms with Gasteiger partial charge in [-0.05, 0) is 38.8 Å². The van der Waals surface area contributed by atoms with E-state index in [-0.39, 0.29) is 12.0 Å². The molecule has 3 nitrogen and oxygen atoms in total. The van der Waals surface area contributed by atoms with Gasteiger partial charge in [-0.15, -0.1) is 0 Å². The molecule has 0 saturated heterocycles. The Morgan fingerprint density at radius 2 is 2.00 bits per heavy atom. The van der Waals surface area contributed by atoms with Crippen molar-refractivity contribution in [2.75, 3.05) is 13.6 Å². The molecule has 2 unspecified atom stereocenters. The van der Waals surface area contributed by atoms with Crippen LogP contribution in [0.4, 0.5) is 0 Å². The van der Waals surface area contributed by atoms with E-state index >= 15 is 0 Å². The minimum atomic E-state index is -0.610. The number of aliphatic carboxylic acids is 1. The van der Waals surface area contributed by atoms with E-state index in [9.17, 15) is 9.90 Å². The first-order valence-electron chi connectivity index (χ1n) is 6.45. The fraction of sp³-hybridized carbons (Fsp3) is 0.923. The Kier molecular flexibility index (Phi) is 5.26. The molecule has 0 radical (unpaired) electrons. The van der Waals surface area contributed by atoms with Crippen molar-refractivity contribution < 1.29 is 9.90 Å². The Labute approximate surface area is 98.8 Å².